The van der Waals surface area contributed by atoms with Crippen molar-refractivity contribution in [3.63, 3.8) is 0 Å². The number of nitrogens with zero attached hydrogens (tertiary/aromatic N) is 1. The summed E-state index contributed by atoms with van der Waals surface area (Å²) in [7, 11) is 0. The highest BCUT2D eigenvalue weighted by molar-refractivity contribution is 5.95. The van der Waals surface area contributed by atoms with Crippen LogP contribution < -0.4 is 16.0 Å². The molecule has 0 atom stereocenters. The van der Waals surface area contributed by atoms with Crippen molar-refractivity contribution in [2.24, 2.45) is 0 Å². The molecule has 1 saturated heterocycles. The molecule has 0 unspecified atom stereocenters. The van der Waals surface area contributed by atoms with Gasteiger partial charge in [0.2, 0.25) is 5.91 Å². The highest BCUT2D eigenvalue weighted by Gasteiger charge is 2.31. The second kappa shape index (κ2) is 6.54. The van der Waals surface area contributed by atoms with Crippen molar-refractivity contribution >= 4 is 11.9 Å². The van der Waals surface area contributed by atoms with Crippen molar-refractivity contribution in [3.8, 4) is 0 Å². The van der Waals surface area contributed by atoms with Gasteiger partial charge in [0, 0.05) is 31.2 Å². The molecule has 0 bridgehead atoms. The third-order valence-electron chi connectivity index (χ3n) is 4.25. The van der Waals surface area contributed by atoms with Crippen molar-refractivity contribution in [2.45, 2.75) is 51.1 Å². The van der Waals surface area contributed by atoms with Crippen LogP contribution in [0.1, 0.15) is 39.5 Å². The molecular formula is C14H26N4O2. The van der Waals surface area contributed by atoms with E-state index in [-0.39, 0.29) is 30.1 Å². The minimum atomic E-state index is -0.352. The molecule has 1 aliphatic heterocycles. The number of amides is 3. The Morgan fingerprint density at radius 2 is 2.00 bits per heavy atom. The van der Waals surface area contributed by atoms with Crippen LogP contribution >= 0.6 is 0 Å². The smallest absolute Gasteiger partial charge is 0.321 e. The van der Waals surface area contributed by atoms with Gasteiger partial charge in [-0.25, -0.2) is 4.79 Å². The molecule has 0 radical (unpaired) electrons. The summed E-state index contributed by atoms with van der Waals surface area (Å²) in [5.41, 5.74) is -0.0580. The third kappa shape index (κ3) is 4.18. The SMILES string of the molecule is CC1(C)CNCCN1CC(=O)NC(=O)NC1CCCC1. The summed E-state index contributed by atoms with van der Waals surface area (Å²) >= 11 is 0. The van der Waals surface area contributed by atoms with E-state index in [0.29, 0.717) is 0 Å². The van der Waals surface area contributed by atoms with Crippen LogP contribution in [0.25, 0.3) is 0 Å². The maximum Gasteiger partial charge on any atom is 0.321 e. The lowest BCUT2D eigenvalue weighted by molar-refractivity contribution is -0.122. The van der Waals surface area contributed by atoms with E-state index in [1.54, 1.807) is 0 Å². The first kappa shape index (κ1) is 15.3. The predicted octanol–water partition coefficient (Wildman–Crippen LogP) is 0.439. The molecule has 3 N–H and O–H groups in total. The Labute approximate surface area is 120 Å². The Morgan fingerprint density at radius 3 is 2.65 bits per heavy atom. The lowest BCUT2D eigenvalue weighted by Crippen LogP contribution is -2.60. The monoisotopic (exact) mass is 282 g/mol. The van der Waals surface area contributed by atoms with Crippen LogP contribution in [0, 0.1) is 0 Å². The van der Waals surface area contributed by atoms with E-state index in [0.717, 1.165) is 45.3 Å². The molecule has 6 nitrogen and oxygen atoms in total. The van der Waals surface area contributed by atoms with Gasteiger partial charge in [-0.05, 0) is 26.7 Å². The van der Waals surface area contributed by atoms with Gasteiger partial charge in [0.1, 0.15) is 0 Å². The van der Waals surface area contributed by atoms with Gasteiger partial charge < -0.3 is 10.6 Å². The van der Waals surface area contributed by atoms with Gasteiger partial charge >= 0.3 is 6.03 Å². The standard InChI is InChI=1S/C14H26N4O2/c1-14(2)10-15-7-8-18(14)9-12(19)17-13(20)16-11-5-3-4-6-11/h11,15H,3-10H2,1-2H3,(H2,16,17,19,20). The van der Waals surface area contributed by atoms with E-state index >= 15 is 0 Å². The molecule has 0 aromatic carbocycles. The summed E-state index contributed by atoms with van der Waals surface area (Å²) in [5.74, 6) is -0.226. The average Bonchev–Trinajstić information content (AvgIpc) is 2.84. The van der Waals surface area contributed by atoms with Crippen molar-refractivity contribution in [3.05, 3.63) is 0 Å². The van der Waals surface area contributed by atoms with Gasteiger partial charge in [0.05, 0.1) is 6.54 Å². The first-order valence-corrected chi connectivity index (χ1v) is 7.53. The van der Waals surface area contributed by atoms with Gasteiger partial charge in [-0.1, -0.05) is 12.8 Å². The number of hydrogen-bond donors (Lipinski definition) is 3. The van der Waals surface area contributed by atoms with E-state index < -0.39 is 0 Å². The molecule has 2 rings (SSSR count). The van der Waals surface area contributed by atoms with Crippen molar-refractivity contribution < 1.29 is 9.59 Å². The second-order valence-electron chi connectivity index (χ2n) is 6.41. The summed E-state index contributed by atoms with van der Waals surface area (Å²) in [6, 6.07) is -0.117. The fraction of sp³-hybridized carbons (Fsp3) is 0.857. The second-order valence-corrected chi connectivity index (χ2v) is 6.41. The summed E-state index contributed by atoms with van der Waals surface area (Å²) < 4.78 is 0. The minimum Gasteiger partial charge on any atom is -0.335 e. The van der Waals surface area contributed by atoms with Crippen LogP contribution in [-0.2, 0) is 4.79 Å². The van der Waals surface area contributed by atoms with E-state index in [2.05, 4.69) is 34.7 Å². The van der Waals surface area contributed by atoms with E-state index in [1.165, 1.54) is 0 Å². The van der Waals surface area contributed by atoms with Gasteiger partial charge in [-0.2, -0.15) is 0 Å². The first-order valence-electron chi connectivity index (χ1n) is 7.53. The average molecular weight is 282 g/mol. The summed E-state index contributed by atoms with van der Waals surface area (Å²) in [6.45, 7) is 7.03. The van der Waals surface area contributed by atoms with Crippen LogP contribution in [0.15, 0.2) is 0 Å². The van der Waals surface area contributed by atoms with Crippen LogP contribution in [0.4, 0.5) is 4.79 Å². The molecule has 1 saturated carbocycles. The molecule has 6 heteroatoms. The highest BCUT2D eigenvalue weighted by atomic mass is 16.2. The zero-order valence-corrected chi connectivity index (χ0v) is 12.5. The van der Waals surface area contributed by atoms with E-state index in [4.69, 9.17) is 0 Å². The highest BCUT2D eigenvalue weighted by Crippen LogP contribution is 2.17. The van der Waals surface area contributed by atoms with Crippen LogP contribution in [0.5, 0.6) is 0 Å². The van der Waals surface area contributed by atoms with Gasteiger partial charge in [0.25, 0.3) is 0 Å². The molecule has 0 aromatic rings. The zero-order chi connectivity index (χ0) is 14.6. The molecule has 20 heavy (non-hydrogen) atoms. The molecular weight excluding hydrogens is 256 g/mol. The fourth-order valence-corrected chi connectivity index (χ4v) is 2.95. The third-order valence-corrected chi connectivity index (χ3v) is 4.25. The fourth-order valence-electron chi connectivity index (χ4n) is 2.95. The Hall–Kier alpha value is -1.14. The van der Waals surface area contributed by atoms with E-state index in [1.807, 2.05) is 0 Å². The molecule has 3 amide bonds. The summed E-state index contributed by atoms with van der Waals surface area (Å²) in [5, 5.41) is 8.62. The Balaban J connectivity index is 1.75. The van der Waals surface area contributed by atoms with Gasteiger partial charge in [0.15, 0.2) is 0 Å². The lowest BCUT2D eigenvalue weighted by atomic mass is 10.0. The summed E-state index contributed by atoms with van der Waals surface area (Å²) in [4.78, 5) is 25.8. The number of piperazine rings is 1. The van der Waals surface area contributed by atoms with Gasteiger partial charge in [-0.15, -0.1) is 0 Å². The molecule has 2 aliphatic rings. The number of carbonyl (C=O) groups excluding carboxylic acids is 2. The Kier molecular flexibility index (Phi) is 4.99. The van der Waals surface area contributed by atoms with Crippen LogP contribution in [-0.4, -0.2) is 54.6 Å². The van der Waals surface area contributed by atoms with Gasteiger partial charge in [-0.3, -0.25) is 15.0 Å². The minimum absolute atomic E-state index is 0.0580. The maximum atomic E-state index is 11.9. The first-order chi connectivity index (χ1) is 9.47. The molecule has 0 spiro atoms. The Bertz CT molecular complexity index is 364. The molecule has 1 heterocycles. The number of imide groups is 1. The summed E-state index contributed by atoms with van der Waals surface area (Å²) in [6.07, 6.45) is 4.36. The molecule has 1 aliphatic carbocycles. The molecule has 0 aromatic heterocycles. The lowest BCUT2D eigenvalue weighted by Gasteiger charge is -2.42. The zero-order valence-electron chi connectivity index (χ0n) is 12.5. The normalized spacial score (nSPS) is 23.5. The number of urea groups is 1. The number of nitrogens with one attached hydrogen (secondary N) is 3. The topological polar surface area (TPSA) is 73.5 Å². The molecule has 2 fully saturated rings. The number of hydrogen-bond acceptors (Lipinski definition) is 4. The van der Waals surface area contributed by atoms with Crippen LogP contribution in [0.3, 0.4) is 0 Å². The van der Waals surface area contributed by atoms with Crippen molar-refractivity contribution in [2.75, 3.05) is 26.2 Å². The number of carbonyl (C=O) groups is 2. The number of rotatable bonds is 3. The van der Waals surface area contributed by atoms with Crippen molar-refractivity contribution in [1.82, 2.24) is 20.9 Å². The maximum absolute atomic E-state index is 11.9. The van der Waals surface area contributed by atoms with Crippen LogP contribution in [0.2, 0.25) is 0 Å². The largest absolute Gasteiger partial charge is 0.335 e. The van der Waals surface area contributed by atoms with E-state index in [9.17, 15) is 9.59 Å². The Morgan fingerprint density at radius 1 is 1.30 bits per heavy atom. The molecule has 114 valence electrons. The quantitative estimate of drug-likeness (QED) is 0.702. The van der Waals surface area contributed by atoms with Crippen molar-refractivity contribution in [1.29, 1.82) is 0 Å². The predicted molar refractivity (Wildman–Crippen MR) is 77.5 cm³/mol.